The summed E-state index contributed by atoms with van der Waals surface area (Å²) in [4.78, 5) is 25.1. The molecule has 0 saturated carbocycles. The molecule has 0 aliphatic heterocycles. The maximum absolute atomic E-state index is 14.4. The maximum atomic E-state index is 14.4. The Labute approximate surface area is 264 Å². The molecule has 3 heterocycles. The fourth-order valence-corrected chi connectivity index (χ4v) is 5.23. The van der Waals surface area contributed by atoms with E-state index in [1.165, 1.54) is 13.2 Å². The number of aromatic nitrogens is 5. The number of hydrogen-bond donors (Lipinski definition) is 1. The first kappa shape index (κ1) is 30.2. The number of nitrogens with zero attached hydrogens (tertiary/aromatic N) is 5. The third-order valence-corrected chi connectivity index (χ3v) is 7.58. The van der Waals surface area contributed by atoms with Crippen LogP contribution >= 0.6 is 0 Å². The van der Waals surface area contributed by atoms with Crippen LogP contribution in [-0.4, -0.2) is 51.5 Å². The second kappa shape index (κ2) is 13.4. The molecule has 0 saturated heterocycles. The molecule has 10 nitrogen and oxygen atoms in total. The van der Waals surface area contributed by atoms with Gasteiger partial charge < -0.3 is 18.8 Å². The van der Waals surface area contributed by atoms with Gasteiger partial charge in [0, 0.05) is 49.0 Å². The lowest BCUT2D eigenvalue weighted by Gasteiger charge is -2.13. The molecule has 0 amide bonds. The molecule has 11 heteroatoms. The fraction of sp³-hybridized carbons (Fsp3) is 0.171. The van der Waals surface area contributed by atoms with Crippen LogP contribution in [0.25, 0.3) is 38.4 Å². The van der Waals surface area contributed by atoms with Crippen molar-refractivity contribution >= 4 is 22.7 Å². The lowest BCUT2D eigenvalue weighted by atomic mass is 9.97. The lowest BCUT2D eigenvalue weighted by Crippen LogP contribution is -2.10. The molecule has 0 spiro atoms. The van der Waals surface area contributed by atoms with Crippen molar-refractivity contribution in [3.8, 4) is 28.4 Å². The summed E-state index contributed by atoms with van der Waals surface area (Å²) in [6.45, 7) is 8.05. The Bertz CT molecular complexity index is 2070. The third kappa shape index (κ3) is 6.33. The molecule has 0 atom stereocenters. The molecule has 0 aliphatic rings. The number of halogens is 1. The summed E-state index contributed by atoms with van der Waals surface area (Å²) in [6.07, 6.45) is 2.19. The number of carbonyl (C=O) groups excluding carboxylic acids is 1. The average Bonchev–Trinajstić information content (AvgIpc) is 3.74. The highest BCUT2D eigenvalue weighted by Crippen LogP contribution is 2.31. The smallest absolute Gasteiger partial charge is 0.337 e. The number of pyridine rings is 1. The van der Waals surface area contributed by atoms with Gasteiger partial charge in [-0.05, 0) is 48.0 Å². The van der Waals surface area contributed by atoms with E-state index in [0.717, 1.165) is 39.2 Å². The quantitative estimate of drug-likeness (QED) is 0.126. The molecule has 0 bridgehead atoms. The Kier molecular flexibility index (Phi) is 8.80. The maximum Gasteiger partial charge on any atom is 0.337 e. The van der Waals surface area contributed by atoms with E-state index in [1.807, 2.05) is 42.5 Å². The van der Waals surface area contributed by atoms with E-state index < -0.39 is 11.8 Å². The van der Waals surface area contributed by atoms with E-state index >= 15 is 0 Å². The number of methoxy groups -OCH3 is 2. The number of nitrogens with one attached hydrogen (secondary N) is 1. The summed E-state index contributed by atoms with van der Waals surface area (Å²) in [5.74, 6) is 0.249. The van der Waals surface area contributed by atoms with Crippen LogP contribution in [0.3, 0.4) is 0 Å². The zero-order chi connectivity index (χ0) is 32.0. The lowest BCUT2D eigenvalue weighted by molar-refractivity contribution is 0.0601. The van der Waals surface area contributed by atoms with Crippen molar-refractivity contribution in [2.24, 2.45) is 0 Å². The number of rotatable bonds is 11. The van der Waals surface area contributed by atoms with Crippen molar-refractivity contribution in [1.82, 2.24) is 24.7 Å². The first-order valence-corrected chi connectivity index (χ1v) is 14.4. The van der Waals surface area contributed by atoms with Crippen LogP contribution in [0.1, 0.15) is 27.3 Å². The van der Waals surface area contributed by atoms with Gasteiger partial charge in [-0.1, -0.05) is 30.3 Å². The summed E-state index contributed by atoms with van der Waals surface area (Å²) in [6, 6.07) is 23.0. The largest absolute Gasteiger partial charge is 0.473 e. The number of H-pyrrole nitrogens is 1. The predicted octanol–water partition coefficient (Wildman–Crippen LogP) is 6.78. The Balaban J connectivity index is 1.32. The molecule has 0 fully saturated rings. The second-order valence-corrected chi connectivity index (χ2v) is 10.4. The molecular weight excluding hydrogens is 587 g/mol. The van der Waals surface area contributed by atoms with Gasteiger partial charge in [0.05, 0.1) is 48.3 Å². The van der Waals surface area contributed by atoms with Crippen LogP contribution in [0.4, 0.5) is 10.1 Å². The average molecular weight is 617 g/mol. The van der Waals surface area contributed by atoms with E-state index in [4.69, 9.17) is 25.8 Å². The zero-order valence-electron chi connectivity index (χ0n) is 25.2. The number of carbonyl (C=O) groups is 1. The number of benzene rings is 3. The van der Waals surface area contributed by atoms with Gasteiger partial charge in [0.1, 0.15) is 18.2 Å². The molecule has 46 heavy (non-hydrogen) atoms. The van der Waals surface area contributed by atoms with Crippen LogP contribution in [-0.2, 0) is 29.0 Å². The van der Waals surface area contributed by atoms with Gasteiger partial charge >= 0.3 is 5.97 Å². The van der Waals surface area contributed by atoms with Gasteiger partial charge in [-0.15, -0.1) is 0 Å². The predicted molar refractivity (Wildman–Crippen MR) is 170 cm³/mol. The summed E-state index contributed by atoms with van der Waals surface area (Å²) >= 11 is 0. The molecule has 0 radical (unpaired) electrons. The summed E-state index contributed by atoms with van der Waals surface area (Å²) in [5.41, 5.74) is 6.88. The SMILES string of the molecule is [C-]#[N+]c1ccc(COc2cccc(-c3ccc(Cc4nc5ccc(C(=O)OC)cc5n4CCOC)c(-c4ccn[nH]4)c3)n2)c(F)c1. The van der Waals surface area contributed by atoms with Gasteiger partial charge in [-0.2, -0.15) is 5.10 Å². The van der Waals surface area contributed by atoms with E-state index in [9.17, 15) is 9.18 Å². The standard InChI is InChI=1S/C35H29FN6O4/c1-37-26-11-9-25(28(36)20-26)21-46-34-6-4-5-29(40-34)23-8-7-22(27(17-23)30-13-14-38-41-30)19-33-39-31-12-10-24(35(43)45-3)18-32(31)42(33)15-16-44-2/h4-14,17-18,20H,15-16,19,21H2,2-3H3,(H,38,41). The zero-order valence-corrected chi connectivity index (χ0v) is 25.2. The molecular formula is C35H29FN6O4. The first-order valence-electron chi connectivity index (χ1n) is 14.4. The van der Waals surface area contributed by atoms with Crippen molar-refractivity contribution in [3.05, 3.63) is 125 Å². The number of hydrogen-bond acceptors (Lipinski definition) is 7. The van der Waals surface area contributed by atoms with Crippen molar-refractivity contribution in [3.63, 3.8) is 0 Å². The van der Waals surface area contributed by atoms with Gasteiger partial charge in [0.2, 0.25) is 5.88 Å². The second-order valence-electron chi connectivity index (χ2n) is 10.4. The molecule has 3 aromatic heterocycles. The summed E-state index contributed by atoms with van der Waals surface area (Å²) in [7, 11) is 3.01. The van der Waals surface area contributed by atoms with Crippen LogP contribution in [0.2, 0.25) is 0 Å². The molecule has 0 unspecified atom stereocenters. The van der Waals surface area contributed by atoms with Gasteiger partial charge in [0.25, 0.3) is 0 Å². The molecule has 6 aromatic rings. The highest BCUT2D eigenvalue weighted by Gasteiger charge is 2.18. The molecule has 6 rings (SSSR count). The van der Waals surface area contributed by atoms with Gasteiger partial charge in [0.15, 0.2) is 5.69 Å². The number of aromatic amines is 1. The van der Waals surface area contributed by atoms with Crippen molar-refractivity contribution in [1.29, 1.82) is 0 Å². The fourth-order valence-electron chi connectivity index (χ4n) is 5.23. The highest BCUT2D eigenvalue weighted by molar-refractivity contribution is 5.93. The number of esters is 1. The Morgan fingerprint density at radius 3 is 2.63 bits per heavy atom. The van der Waals surface area contributed by atoms with Crippen LogP contribution < -0.4 is 4.74 Å². The van der Waals surface area contributed by atoms with E-state index in [0.29, 0.717) is 42.3 Å². The van der Waals surface area contributed by atoms with Gasteiger partial charge in [-0.3, -0.25) is 5.10 Å². The Morgan fingerprint density at radius 2 is 1.87 bits per heavy atom. The summed E-state index contributed by atoms with van der Waals surface area (Å²) in [5, 5.41) is 7.25. The van der Waals surface area contributed by atoms with Gasteiger partial charge in [-0.25, -0.2) is 24.0 Å². The monoisotopic (exact) mass is 616 g/mol. The minimum atomic E-state index is -0.496. The van der Waals surface area contributed by atoms with E-state index in [1.54, 1.807) is 43.6 Å². The van der Waals surface area contributed by atoms with E-state index in [2.05, 4.69) is 24.6 Å². The molecule has 1 N–H and O–H groups in total. The highest BCUT2D eigenvalue weighted by atomic mass is 19.1. The van der Waals surface area contributed by atoms with Crippen LogP contribution in [0.5, 0.6) is 5.88 Å². The third-order valence-electron chi connectivity index (χ3n) is 7.58. The molecule has 3 aromatic carbocycles. The van der Waals surface area contributed by atoms with Crippen molar-refractivity contribution in [2.75, 3.05) is 20.8 Å². The first-order chi connectivity index (χ1) is 22.5. The van der Waals surface area contributed by atoms with Crippen molar-refractivity contribution in [2.45, 2.75) is 19.6 Å². The normalized spacial score (nSPS) is 11.0. The van der Waals surface area contributed by atoms with Crippen LogP contribution in [0.15, 0.2) is 85.1 Å². The Morgan fingerprint density at radius 1 is 1.00 bits per heavy atom. The minimum Gasteiger partial charge on any atom is -0.473 e. The van der Waals surface area contributed by atoms with Crippen molar-refractivity contribution < 1.29 is 23.4 Å². The van der Waals surface area contributed by atoms with E-state index in [-0.39, 0.29) is 12.3 Å². The number of imidazole rings is 1. The summed E-state index contributed by atoms with van der Waals surface area (Å²) < 4.78 is 32.6. The molecule has 230 valence electrons. The topological polar surface area (TPSA) is 109 Å². The number of ether oxygens (including phenoxy) is 3. The number of fused-ring (bicyclic) bond motifs is 1. The van der Waals surface area contributed by atoms with Crippen LogP contribution in [0, 0.1) is 12.4 Å². The Hall–Kier alpha value is -5.86. The minimum absolute atomic E-state index is 0.0237. The molecule has 0 aliphatic carbocycles.